The molecule has 0 aromatic rings. The number of carbonyl (C=O) groups is 1. The molecule has 57 valence electrons. The van der Waals surface area contributed by atoms with Crippen LogP contribution in [0.25, 0.3) is 0 Å². The fraction of sp³-hybridized carbons (Fsp3) is 0.667. The van der Waals surface area contributed by atoms with Crippen LogP contribution in [-0.4, -0.2) is 32.1 Å². The van der Waals surface area contributed by atoms with Crippen molar-refractivity contribution in [2.75, 3.05) is 19.8 Å². The van der Waals surface area contributed by atoms with Gasteiger partial charge in [-0.15, -0.1) is 0 Å². The maximum atomic E-state index is 10.3. The average molecular weight is 145 g/mol. The average Bonchev–Trinajstić information content (AvgIpc) is 2.31. The summed E-state index contributed by atoms with van der Waals surface area (Å²) >= 11 is 0. The molecule has 1 heterocycles. The SMILES string of the molecule is [CH2]COCC1COC(=O)O1. The Morgan fingerprint density at radius 3 is 3.10 bits per heavy atom. The second kappa shape index (κ2) is 3.41. The highest BCUT2D eigenvalue weighted by Gasteiger charge is 2.24. The molecule has 0 bridgehead atoms. The van der Waals surface area contributed by atoms with E-state index < -0.39 is 6.16 Å². The zero-order valence-corrected chi connectivity index (χ0v) is 5.54. The molecule has 0 aliphatic carbocycles. The van der Waals surface area contributed by atoms with E-state index in [1.54, 1.807) is 0 Å². The van der Waals surface area contributed by atoms with Crippen LogP contribution in [0.2, 0.25) is 0 Å². The van der Waals surface area contributed by atoms with Gasteiger partial charge in [0.05, 0.1) is 6.61 Å². The minimum atomic E-state index is -0.613. The van der Waals surface area contributed by atoms with Crippen molar-refractivity contribution < 1.29 is 19.0 Å². The Hall–Kier alpha value is -0.770. The highest BCUT2D eigenvalue weighted by atomic mass is 16.8. The van der Waals surface area contributed by atoms with E-state index in [9.17, 15) is 4.79 Å². The molecule has 0 aromatic heterocycles. The number of carbonyl (C=O) groups excluding carboxylic acids is 1. The standard InChI is InChI=1S/C6H9O4/c1-2-8-3-5-4-9-6(7)10-5/h5H,1-4H2. The Balaban J connectivity index is 2.12. The van der Waals surface area contributed by atoms with E-state index in [0.717, 1.165) is 0 Å². The molecular weight excluding hydrogens is 136 g/mol. The summed E-state index contributed by atoms with van der Waals surface area (Å²) in [5, 5.41) is 0. The zero-order chi connectivity index (χ0) is 7.40. The van der Waals surface area contributed by atoms with Gasteiger partial charge in [-0.1, -0.05) is 0 Å². The smallest absolute Gasteiger partial charge is 0.430 e. The van der Waals surface area contributed by atoms with Crippen LogP contribution < -0.4 is 0 Å². The predicted molar refractivity (Wildman–Crippen MR) is 32.4 cm³/mol. The molecule has 1 radical (unpaired) electrons. The Morgan fingerprint density at radius 2 is 2.60 bits per heavy atom. The van der Waals surface area contributed by atoms with Gasteiger partial charge in [0, 0.05) is 6.61 Å². The number of cyclic esters (lactones) is 2. The number of ether oxygens (including phenoxy) is 3. The van der Waals surface area contributed by atoms with Crippen LogP contribution in [0.15, 0.2) is 0 Å². The van der Waals surface area contributed by atoms with Crippen LogP contribution in [0.1, 0.15) is 0 Å². The van der Waals surface area contributed by atoms with Crippen molar-refractivity contribution in [3.05, 3.63) is 6.92 Å². The largest absolute Gasteiger partial charge is 0.508 e. The van der Waals surface area contributed by atoms with E-state index in [-0.39, 0.29) is 6.10 Å². The lowest BCUT2D eigenvalue weighted by atomic mass is 10.4. The van der Waals surface area contributed by atoms with Gasteiger partial charge in [0.2, 0.25) is 0 Å². The predicted octanol–water partition coefficient (Wildman–Crippen LogP) is 0.372. The second-order valence-corrected chi connectivity index (χ2v) is 1.88. The van der Waals surface area contributed by atoms with Gasteiger partial charge in [-0.3, -0.25) is 0 Å². The Kier molecular flexibility index (Phi) is 2.50. The quantitative estimate of drug-likeness (QED) is 0.538. The van der Waals surface area contributed by atoms with E-state index in [2.05, 4.69) is 16.4 Å². The molecule has 1 rings (SSSR count). The van der Waals surface area contributed by atoms with Gasteiger partial charge in [-0.25, -0.2) is 4.79 Å². The molecule has 0 amide bonds. The van der Waals surface area contributed by atoms with Crippen LogP contribution in [0.5, 0.6) is 0 Å². The van der Waals surface area contributed by atoms with Crippen molar-refractivity contribution in [1.82, 2.24) is 0 Å². The summed E-state index contributed by atoms with van der Waals surface area (Å²) in [7, 11) is 0. The lowest BCUT2D eigenvalue weighted by molar-refractivity contribution is 0.0571. The third kappa shape index (κ3) is 1.88. The number of rotatable bonds is 3. The van der Waals surface area contributed by atoms with E-state index >= 15 is 0 Å². The molecule has 0 N–H and O–H groups in total. The van der Waals surface area contributed by atoms with Gasteiger partial charge in [-0.2, -0.15) is 0 Å². The van der Waals surface area contributed by atoms with Gasteiger partial charge in [0.25, 0.3) is 0 Å². The van der Waals surface area contributed by atoms with Gasteiger partial charge in [0.1, 0.15) is 6.61 Å². The fourth-order valence-corrected chi connectivity index (χ4v) is 0.662. The van der Waals surface area contributed by atoms with Gasteiger partial charge in [-0.05, 0) is 6.92 Å². The van der Waals surface area contributed by atoms with Gasteiger partial charge in [0.15, 0.2) is 6.10 Å². The Morgan fingerprint density at radius 1 is 1.80 bits per heavy atom. The normalized spacial score (nSPS) is 24.1. The summed E-state index contributed by atoms with van der Waals surface area (Å²) in [6.45, 7) is 4.51. The fourth-order valence-electron chi connectivity index (χ4n) is 0.662. The van der Waals surface area contributed by atoms with Gasteiger partial charge >= 0.3 is 6.16 Å². The maximum absolute atomic E-state index is 10.3. The molecular formula is C6H9O4. The molecule has 0 aromatic carbocycles. The maximum Gasteiger partial charge on any atom is 0.508 e. The third-order valence-corrected chi connectivity index (χ3v) is 1.10. The highest BCUT2D eigenvalue weighted by molar-refractivity contribution is 5.61. The van der Waals surface area contributed by atoms with E-state index in [1.807, 2.05) is 0 Å². The molecule has 1 unspecified atom stereocenters. The van der Waals surface area contributed by atoms with Crippen molar-refractivity contribution in [3.63, 3.8) is 0 Å². The summed E-state index contributed by atoms with van der Waals surface area (Å²) in [6, 6.07) is 0. The monoisotopic (exact) mass is 145 g/mol. The van der Waals surface area contributed by atoms with Crippen molar-refractivity contribution in [2.45, 2.75) is 6.10 Å². The van der Waals surface area contributed by atoms with E-state index in [1.165, 1.54) is 0 Å². The lowest BCUT2D eigenvalue weighted by Crippen LogP contribution is -2.17. The highest BCUT2D eigenvalue weighted by Crippen LogP contribution is 2.05. The minimum Gasteiger partial charge on any atom is -0.430 e. The number of hydrogen-bond acceptors (Lipinski definition) is 4. The van der Waals surface area contributed by atoms with Crippen molar-refractivity contribution in [3.8, 4) is 0 Å². The lowest BCUT2D eigenvalue weighted by Gasteiger charge is -2.03. The summed E-state index contributed by atoms with van der Waals surface area (Å²) in [5.74, 6) is 0. The third-order valence-electron chi connectivity index (χ3n) is 1.10. The summed E-state index contributed by atoms with van der Waals surface area (Å²) in [5.41, 5.74) is 0. The first-order valence-corrected chi connectivity index (χ1v) is 3.03. The molecule has 10 heavy (non-hydrogen) atoms. The molecule has 1 fully saturated rings. The zero-order valence-electron chi connectivity index (χ0n) is 5.54. The van der Waals surface area contributed by atoms with E-state index in [4.69, 9.17) is 4.74 Å². The molecule has 0 saturated carbocycles. The van der Waals surface area contributed by atoms with Crippen molar-refractivity contribution in [2.24, 2.45) is 0 Å². The van der Waals surface area contributed by atoms with E-state index in [0.29, 0.717) is 19.8 Å². The molecule has 4 heteroatoms. The molecule has 1 atom stereocenters. The van der Waals surface area contributed by atoms with Crippen LogP contribution in [0.3, 0.4) is 0 Å². The van der Waals surface area contributed by atoms with Gasteiger partial charge < -0.3 is 14.2 Å². The first-order valence-electron chi connectivity index (χ1n) is 3.03. The molecule has 1 aliphatic rings. The molecule has 4 nitrogen and oxygen atoms in total. The topological polar surface area (TPSA) is 44.8 Å². The summed E-state index contributed by atoms with van der Waals surface area (Å²) in [4.78, 5) is 10.3. The van der Waals surface area contributed by atoms with Crippen LogP contribution in [0, 0.1) is 6.92 Å². The number of hydrogen-bond donors (Lipinski definition) is 0. The molecule has 1 aliphatic heterocycles. The van der Waals surface area contributed by atoms with Crippen LogP contribution in [0.4, 0.5) is 4.79 Å². The Labute approximate surface area is 59.1 Å². The van der Waals surface area contributed by atoms with Crippen molar-refractivity contribution >= 4 is 6.16 Å². The minimum absolute atomic E-state index is 0.241. The summed E-state index contributed by atoms with van der Waals surface area (Å²) in [6.07, 6.45) is -0.855. The van der Waals surface area contributed by atoms with Crippen LogP contribution in [-0.2, 0) is 14.2 Å². The first-order chi connectivity index (χ1) is 4.83. The second-order valence-electron chi connectivity index (χ2n) is 1.88. The molecule has 1 saturated heterocycles. The van der Waals surface area contributed by atoms with Crippen LogP contribution >= 0.6 is 0 Å². The molecule has 0 spiro atoms. The first kappa shape index (κ1) is 7.34. The Bertz CT molecular complexity index is 123. The summed E-state index contributed by atoms with van der Waals surface area (Å²) < 4.78 is 14.0. The van der Waals surface area contributed by atoms with Crippen molar-refractivity contribution in [1.29, 1.82) is 0 Å².